The van der Waals surface area contributed by atoms with Crippen LogP contribution < -0.4 is 5.32 Å². The monoisotopic (exact) mass is 219 g/mol. The van der Waals surface area contributed by atoms with E-state index in [4.69, 9.17) is 9.52 Å². The minimum Gasteiger partial charge on any atom is -0.476 e. The van der Waals surface area contributed by atoms with E-state index in [2.05, 4.69) is 10.3 Å². The Morgan fingerprint density at radius 2 is 2.50 bits per heavy atom. The topological polar surface area (TPSA) is 80.3 Å². The SMILES string of the molecule is O=C(O)c1ncn2c1CCNc1occc1-2. The first-order valence-electron chi connectivity index (χ1n) is 4.88. The molecule has 0 radical (unpaired) electrons. The molecule has 82 valence electrons. The van der Waals surface area contributed by atoms with Crippen LogP contribution in [-0.2, 0) is 6.42 Å². The average molecular weight is 219 g/mol. The first kappa shape index (κ1) is 9.02. The zero-order valence-corrected chi connectivity index (χ0v) is 8.30. The molecule has 0 aromatic carbocycles. The molecule has 0 atom stereocenters. The molecular formula is C10H9N3O3. The van der Waals surface area contributed by atoms with Crippen LogP contribution in [0.5, 0.6) is 0 Å². The van der Waals surface area contributed by atoms with Gasteiger partial charge in [-0.05, 0) is 0 Å². The molecule has 0 saturated carbocycles. The molecule has 1 aliphatic heterocycles. The van der Waals surface area contributed by atoms with Gasteiger partial charge in [0, 0.05) is 19.0 Å². The Morgan fingerprint density at radius 3 is 3.31 bits per heavy atom. The summed E-state index contributed by atoms with van der Waals surface area (Å²) < 4.78 is 7.01. The Bertz CT molecular complexity index is 555. The highest BCUT2D eigenvalue weighted by Crippen LogP contribution is 2.27. The number of hydrogen-bond acceptors (Lipinski definition) is 4. The van der Waals surface area contributed by atoms with E-state index in [-0.39, 0.29) is 5.69 Å². The van der Waals surface area contributed by atoms with E-state index in [1.165, 1.54) is 6.33 Å². The van der Waals surface area contributed by atoms with E-state index in [9.17, 15) is 4.79 Å². The van der Waals surface area contributed by atoms with Crippen LogP contribution in [0.15, 0.2) is 23.1 Å². The van der Waals surface area contributed by atoms with Crippen molar-refractivity contribution >= 4 is 11.9 Å². The van der Waals surface area contributed by atoms with Gasteiger partial charge in [-0.2, -0.15) is 0 Å². The third-order valence-corrected chi connectivity index (χ3v) is 2.62. The lowest BCUT2D eigenvalue weighted by molar-refractivity contribution is 0.0690. The van der Waals surface area contributed by atoms with Crippen molar-refractivity contribution in [1.82, 2.24) is 9.55 Å². The molecule has 0 saturated heterocycles. The second-order valence-electron chi connectivity index (χ2n) is 3.53. The molecule has 3 rings (SSSR count). The largest absolute Gasteiger partial charge is 0.476 e. The smallest absolute Gasteiger partial charge is 0.356 e. The number of nitrogens with one attached hydrogen (secondary N) is 1. The van der Waals surface area contributed by atoms with Gasteiger partial charge < -0.3 is 14.8 Å². The normalized spacial score (nSPS) is 13.5. The third kappa shape index (κ3) is 1.13. The quantitative estimate of drug-likeness (QED) is 0.751. The maximum atomic E-state index is 11.0. The van der Waals surface area contributed by atoms with Crippen molar-refractivity contribution in [3.63, 3.8) is 0 Å². The number of furan rings is 1. The zero-order chi connectivity index (χ0) is 11.1. The van der Waals surface area contributed by atoms with Crippen molar-refractivity contribution in [3.05, 3.63) is 30.0 Å². The Morgan fingerprint density at radius 1 is 1.62 bits per heavy atom. The number of anilines is 1. The van der Waals surface area contributed by atoms with Crippen LogP contribution in [0.25, 0.3) is 5.69 Å². The van der Waals surface area contributed by atoms with Crippen LogP contribution in [-0.4, -0.2) is 27.2 Å². The maximum absolute atomic E-state index is 11.0. The lowest BCUT2D eigenvalue weighted by Gasteiger charge is -2.01. The fourth-order valence-corrected chi connectivity index (χ4v) is 1.92. The molecule has 0 unspecified atom stereocenters. The number of aromatic nitrogens is 2. The second-order valence-corrected chi connectivity index (χ2v) is 3.53. The summed E-state index contributed by atoms with van der Waals surface area (Å²) in [5.41, 5.74) is 1.60. The highest BCUT2D eigenvalue weighted by molar-refractivity contribution is 5.87. The van der Waals surface area contributed by atoms with Crippen LogP contribution >= 0.6 is 0 Å². The van der Waals surface area contributed by atoms with Gasteiger partial charge in [0.1, 0.15) is 12.0 Å². The summed E-state index contributed by atoms with van der Waals surface area (Å²) in [6.07, 6.45) is 3.68. The standard InChI is InChI=1S/C10H9N3O3/c14-10(15)8-6-1-3-11-9-7(2-4-16-9)13(6)5-12-8/h2,4-5,11H,1,3H2,(H,14,15). The van der Waals surface area contributed by atoms with Gasteiger partial charge in [0.15, 0.2) is 5.69 Å². The number of aromatic carboxylic acids is 1. The predicted octanol–water partition coefficient (Wildman–Crippen LogP) is 1.13. The molecule has 0 spiro atoms. The number of hydrogen-bond donors (Lipinski definition) is 2. The number of carboxylic acids is 1. The summed E-state index contributed by atoms with van der Waals surface area (Å²) in [6.45, 7) is 0.631. The number of carbonyl (C=O) groups is 1. The predicted molar refractivity (Wildman–Crippen MR) is 55.0 cm³/mol. The summed E-state index contributed by atoms with van der Waals surface area (Å²) >= 11 is 0. The molecule has 16 heavy (non-hydrogen) atoms. The van der Waals surface area contributed by atoms with Gasteiger partial charge in [0.25, 0.3) is 0 Å². The molecule has 6 heteroatoms. The minimum absolute atomic E-state index is 0.107. The van der Waals surface area contributed by atoms with Gasteiger partial charge in [-0.25, -0.2) is 9.78 Å². The van der Waals surface area contributed by atoms with Crippen molar-refractivity contribution in [3.8, 4) is 5.69 Å². The number of fused-ring (bicyclic) bond motifs is 3. The second kappa shape index (κ2) is 3.13. The van der Waals surface area contributed by atoms with Gasteiger partial charge >= 0.3 is 5.97 Å². The number of carboxylic acid groups (broad SMARTS) is 1. The molecule has 2 N–H and O–H groups in total. The van der Waals surface area contributed by atoms with Gasteiger partial charge in [-0.3, -0.25) is 4.57 Å². The van der Waals surface area contributed by atoms with Crippen LogP contribution in [0, 0.1) is 0 Å². The highest BCUT2D eigenvalue weighted by atomic mass is 16.4. The summed E-state index contributed by atoms with van der Waals surface area (Å²) in [5.74, 6) is -0.353. The van der Waals surface area contributed by atoms with Crippen LogP contribution in [0.1, 0.15) is 16.2 Å². The van der Waals surface area contributed by atoms with Gasteiger partial charge in [0.2, 0.25) is 5.88 Å². The van der Waals surface area contributed by atoms with Gasteiger partial charge in [-0.1, -0.05) is 0 Å². The van der Waals surface area contributed by atoms with Gasteiger partial charge in [0.05, 0.1) is 12.0 Å². The first-order chi connectivity index (χ1) is 7.77. The van der Waals surface area contributed by atoms with E-state index >= 15 is 0 Å². The van der Waals surface area contributed by atoms with Crippen LogP contribution in [0.3, 0.4) is 0 Å². The molecule has 0 amide bonds. The summed E-state index contributed by atoms with van der Waals surface area (Å²) in [5, 5.41) is 12.1. The van der Waals surface area contributed by atoms with Crippen molar-refractivity contribution in [2.45, 2.75) is 6.42 Å². The molecular weight excluding hydrogens is 210 g/mol. The fraction of sp³-hybridized carbons (Fsp3) is 0.200. The lowest BCUT2D eigenvalue weighted by atomic mass is 10.2. The number of imidazole rings is 1. The highest BCUT2D eigenvalue weighted by Gasteiger charge is 2.22. The molecule has 0 bridgehead atoms. The number of rotatable bonds is 1. The maximum Gasteiger partial charge on any atom is 0.356 e. The third-order valence-electron chi connectivity index (χ3n) is 2.62. The lowest BCUT2D eigenvalue weighted by Crippen LogP contribution is -2.08. The van der Waals surface area contributed by atoms with Crippen molar-refractivity contribution in [1.29, 1.82) is 0 Å². The molecule has 0 fully saturated rings. The Kier molecular flexibility index (Phi) is 1.76. The Hall–Kier alpha value is -2.24. The molecule has 0 aliphatic carbocycles. The van der Waals surface area contributed by atoms with E-state index in [0.29, 0.717) is 24.5 Å². The van der Waals surface area contributed by atoms with E-state index < -0.39 is 5.97 Å². The minimum atomic E-state index is -0.999. The Labute approximate surface area is 90.5 Å². The Balaban J connectivity index is 2.23. The molecule has 6 nitrogen and oxygen atoms in total. The molecule has 3 heterocycles. The first-order valence-corrected chi connectivity index (χ1v) is 4.88. The van der Waals surface area contributed by atoms with Crippen molar-refractivity contribution < 1.29 is 14.3 Å². The summed E-state index contributed by atoms with van der Waals surface area (Å²) in [4.78, 5) is 14.9. The van der Waals surface area contributed by atoms with Crippen molar-refractivity contribution in [2.24, 2.45) is 0 Å². The van der Waals surface area contributed by atoms with E-state index in [1.54, 1.807) is 16.9 Å². The fourth-order valence-electron chi connectivity index (χ4n) is 1.92. The van der Waals surface area contributed by atoms with Crippen LogP contribution in [0.2, 0.25) is 0 Å². The summed E-state index contributed by atoms with van der Waals surface area (Å²) in [7, 11) is 0. The van der Waals surface area contributed by atoms with Gasteiger partial charge in [-0.15, -0.1) is 0 Å². The summed E-state index contributed by atoms with van der Waals surface area (Å²) in [6, 6.07) is 1.78. The zero-order valence-electron chi connectivity index (χ0n) is 8.30. The van der Waals surface area contributed by atoms with E-state index in [1.807, 2.05) is 0 Å². The van der Waals surface area contributed by atoms with E-state index in [0.717, 1.165) is 5.69 Å². The van der Waals surface area contributed by atoms with Crippen LogP contribution in [0.4, 0.5) is 5.88 Å². The molecule has 2 aromatic rings. The molecule has 1 aliphatic rings. The molecule has 2 aromatic heterocycles. The number of nitrogens with zero attached hydrogens (tertiary/aromatic N) is 2. The van der Waals surface area contributed by atoms with Crippen molar-refractivity contribution in [2.75, 3.05) is 11.9 Å². The average Bonchev–Trinajstić information content (AvgIpc) is 2.82.